The second-order valence-electron chi connectivity index (χ2n) is 7.79. The summed E-state index contributed by atoms with van der Waals surface area (Å²) in [5, 5.41) is 38.6. The number of quaternary nitrogens is 1. The lowest BCUT2D eigenvalue weighted by atomic mass is 9.54. The molecule has 2 N–H and O–H groups in total. The Morgan fingerprint density at radius 2 is 1.82 bits per heavy atom. The van der Waals surface area contributed by atoms with Gasteiger partial charge in [0.1, 0.15) is 5.92 Å². The Kier molecular flexibility index (Phi) is 5.61. The minimum absolute atomic E-state index is 0.0746. The summed E-state index contributed by atoms with van der Waals surface area (Å²) in [6, 6.07) is 14.9. The summed E-state index contributed by atoms with van der Waals surface area (Å²) in [6.45, 7) is 5.88. The quantitative estimate of drug-likeness (QED) is 0.612. The van der Waals surface area contributed by atoms with E-state index in [4.69, 9.17) is 5.41 Å². The number of hydrogen-bond acceptors (Lipinski definition) is 5. The number of fused-ring (bicyclic) bond motifs is 1. The molecule has 3 rings (SSSR count). The molecule has 1 aromatic carbocycles. The van der Waals surface area contributed by atoms with Gasteiger partial charge in [-0.25, -0.2) is 0 Å². The molecule has 2 unspecified atom stereocenters. The van der Waals surface area contributed by atoms with Crippen LogP contribution in [0.2, 0.25) is 0 Å². The fraction of sp³-hybridized carbons (Fsp3) is 0.455. The molecule has 1 heterocycles. The van der Waals surface area contributed by atoms with Gasteiger partial charge in [-0.1, -0.05) is 12.1 Å². The number of benzene rings is 1. The topological polar surface area (TPSA) is 99.7 Å². The van der Waals surface area contributed by atoms with Crippen LogP contribution in [-0.2, 0) is 0 Å². The van der Waals surface area contributed by atoms with Crippen molar-refractivity contribution < 1.29 is 4.90 Å². The van der Waals surface area contributed by atoms with Gasteiger partial charge >= 0.3 is 0 Å². The first-order chi connectivity index (χ1) is 13.4. The zero-order valence-corrected chi connectivity index (χ0v) is 17.2. The molecule has 142 valence electrons. The number of hydrogen-bond donors (Lipinski definition) is 2. The number of thioether (sulfide) groups is 1. The standard InChI is InChI=1S/C22H23N5S/c1-14(2)27-9-8-17-18(10-23)21(26)22(12-24,13-25)20(19(17)11-27)15-4-6-16(28-3)7-5-15/h4-8,14,18-20,26H,9,11H2,1-3H3/p+1/t18?,19-,20-/m0/s1. The highest BCUT2D eigenvalue weighted by Crippen LogP contribution is 2.52. The molecule has 0 aromatic heterocycles. The third kappa shape index (κ3) is 3.02. The molecular formula is C22H24N5S+. The van der Waals surface area contributed by atoms with Gasteiger partial charge in [-0.3, -0.25) is 0 Å². The van der Waals surface area contributed by atoms with Gasteiger partial charge in [0.05, 0.1) is 43.1 Å². The van der Waals surface area contributed by atoms with Crippen LogP contribution >= 0.6 is 11.8 Å². The highest BCUT2D eigenvalue weighted by molar-refractivity contribution is 7.98. The summed E-state index contributed by atoms with van der Waals surface area (Å²) in [4.78, 5) is 2.48. The predicted molar refractivity (Wildman–Crippen MR) is 109 cm³/mol. The van der Waals surface area contributed by atoms with Crippen LogP contribution in [0.1, 0.15) is 25.3 Å². The van der Waals surface area contributed by atoms with E-state index in [1.807, 2.05) is 30.5 Å². The Balaban J connectivity index is 2.21. The lowest BCUT2D eigenvalue weighted by Crippen LogP contribution is -3.16. The number of nitrogens with zero attached hydrogens (tertiary/aromatic N) is 3. The summed E-state index contributed by atoms with van der Waals surface area (Å²) in [7, 11) is 0. The SMILES string of the molecule is CSc1ccc([C@H]2[C@H]3C[NH+](C(C)C)CC=C3C(C#N)C(=N)C2(C#N)C#N)cc1. The van der Waals surface area contributed by atoms with Crippen molar-refractivity contribution in [3.63, 3.8) is 0 Å². The monoisotopic (exact) mass is 390 g/mol. The van der Waals surface area contributed by atoms with Crippen LogP contribution in [0.15, 0.2) is 40.8 Å². The minimum Gasteiger partial charge on any atom is -0.329 e. The van der Waals surface area contributed by atoms with Gasteiger partial charge < -0.3 is 10.3 Å². The molecule has 1 fully saturated rings. The van der Waals surface area contributed by atoms with Crippen LogP contribution in [0.3, 0.4) is 0 Å². The molecule has 1 aromatic rings. The third-order valence-corrected chi connectivity index (χ3v) is 6.94. The van der Waals surface area contributed by atoms with Crippen molar-refractivity contribution >= 4 is 17.5 Å². The van der Waals surface area contributed by atoms with Gasteiger partial charge in [-0.05, 0) is 49.4 Å². The average Bonchev–Trinajstić information content (AvgIpc) is 2.72. The second-order valence-corrected chi connectivity index (χ2v) is 8.67. The summed E-state index contributed by atoms with van der Waals surface area (Å²) < 4.78 is 0. The van der Waals surface area contributed by atoms with Gasteiger partial charge in [-0.15, -0.1) is 11.8 Å². The van der Waals surface area contributed by atoms with Crippen LogP contribution in [0.25, 0.3) is 0 Å². The van der Waals surface area contributed by atoms with Gasteiger partial charge in [0, 0.05) is 16.7 Å². The fourth-order valence-corrected chi connectivity index (χ4v) is 4.99. The minimum atomic E-state index is -1.62. The molecule has 4 atom stereocenters. The van der Waals surface area contributed by atoms with E-state index in [1.165, 1.54) is 4.90 Å². The maximum absolute atomic E-state index is 10.1. The van der Waals surface area contributed by atoms with E-state index in [-0.39, 0.29) is 11.6 Å². The first-order valence-electron chi connectivity index (χ1n) is 9.43. The first kappa shape index (κ1) is 20.2. The molecule has 6 heteroatoms. The van der Waals surface area contributed by atoms with Gasteiger partial charge in [-0.2, -0.15) is 15.8 Å². The Hall–Kier alpha value is -2.59. The molecule has 5 nitrogen and oxygen atoms in total. The maximum Gasteiger partial charge on any atom is 0.189 e. The smallest absolute Gasteiger partial charge is 0.189 e. The Morgan fingerprint density at radius 3 is 2.32 bits per heavy atom. The molecule has 1 aliphatic carbocycles. The van der Waals surface area contributed by atoms with Crippen molar-refractivity contribution in [2.75, 3.05) is 19.3 Å². The lowest BCUT2D eigenvalue weighted by Gasteiger charge is -2.47. The van der Waals surface area contributed by atoms with Gasteiger partial charge in [0.2, 0.25) is 0 Å². The third-order valence-electron chi connectivity index (χ3n) is 6.20. The highest BCUT2D eigenvalue weighted by atomic mass is 32.2. The lowest BCUT2D eigenvalue weighted by molar-refractivity contribution is -0.920. The van der Waals surface area contributed by atoms with E-state index in [9.17, 15) is 15.8 Å². The molecule has 28 heavy (non-hydrogen) atoms. The van der Waals surface area contributed by atoms with Crippen molar-refractivity contribution in [3.8, 4) is 18.2 Å². The van der Waals surface area contributed by atoms with E-state index in [0.29, 0.717) is 6.04 Å². The largest absolute Gasteiger partial charge is 0.329 e. The van der Waals surface area contributed by atoms with Crippen LogP contribution in [0.5, 0.6) is 0 Å². The molecule has 0 radical (unpaired) electrons. The number of nitriles is 3. The zero-order valence-electron chi connectivity index (χ0n) is 16.4. The van der Waals surface area contributed by atoms with E-state index in [0.717, 1.165) is 29.1 Å². The van der Waals surface area contributed by atoms with E-state index in [2.05, 4.69) is 38.1 Å². The molecular weight excluding hydrogens is 366 g/mol. The maximum atomic E-state index is 10.1. The molecule has 0 bridgehead atoms. The predicted octanol–water partition coefficient (Wildman–Crippen LogP) is 2.55. The first-order valence-corrected chi connectivity index (χ1v) is 10.7. The number of nitrogens with one attached hydrogen (secondary N) is 2. The summed E-state index contributed by atoms with van der Waals surface area (Å²) in [5.41, 5.74) is 0.109. The zero-order chi connectivity index (χ0) is 20.5. The van der Waals surface area contributed by atoms with Crippen molar-refractivity contribution in [3.05, 3.63) is 41.5 Å². The summed E-state index contributed by atoms with van der Waals surface area (Å²) >= 11 is 1.64. The summed E-state index contributed by atoms with van der Waals surface area (Å²) in [6.07, 6.45) is 4.08. The van der Waals surface area contributed by atoms with Crippen molar-refractivity contribution in [1.29, 1.82) is 21.2 Å². The number of rotatable bonds is 3. The van der Waals surface area contributed by atoms with E-state index >= 15 is 0 Å². The second kappa shape index (κ2) is 7.80. The molecule has 0 spiro atoms. The Morgan fingerprint density at radius 1 is 1.18 bits per heavy atom. The Labute approximate surface area is 170 Å². The van der Waals surface area contributed by atoms with E-state index < -0.39 is 17.3 Å². The van der Waals surface area contributed by atoms with Crippen LogP contribution in [0, 0.1) is 56.7 Å². The van der Waals surface area contributed by atoms with E-state index in [1.54, 1.807) is 11.8 Å². The van der Waals surface area contributed by atoms with Crippen LogP contribution < -0.4 is 4.90 Å². The normalized spacial score (nSPS) is 28.5. The molecule has 0 saturated heterocycles. The van der Waals surface area contributed by atoms with Gasteiger partial charge in [0.15, 0.2) is 5.41 Å². The molecule has 1 aliphatic heterocycles. The Bertz CT molecular complexity index is 912. The fourth-order valence-electron chi connectivity index (χ4n) is 4.58. The molecule has 1 saturated carbocycles. The molecule has 0 amide bonds. The highest BCUT2D eigenvalue weighted by Gasteiger charge is 2.58. The van der Waals surface area contributed by atoms with Crippen LogP contribution in [0.4, 0.5) is 0 Å². The molecule has 2 aliphatic rings. The van der Waals surface area contributed by atoms with Gasteiger partial charge in [0.25, 0.3) is 0 Å². The van der Waals surface area contributed by atoms with Crippen molar-refractivity contribution in [2.45, 2.75) is 30.7 Å². The van der Waals surface area contributed by atoms with Crippen molar-refractivity contribution in [2.24, 2.45) is 17.3 Å². The summed E-state index contributed by atoms with van der Waals surface area (Å²) in [5.74, 6) is -1.35. The average molecular weight is 391 g/mol. The van der Waals surface area contributed by atoms with Crippen molar-refractivity contribution in [1.82, 2.24) is 0 Å². The van der Waals surface area contributed by atoms with Crippen LogP contribution in [-0.4, -0.2) is 31.1 Å².